The van der Waals surface area contributed by atoms with Crippen LogP contribution in [0.1, 0.15) is 19.3 Å². The van der Waals surface area contributed by atoms with Crippen molar-refractivity contribution in [1.82, 2.24) is 19.9 Å². The zero-order valence-corrected chi connectivity index (χ0v) is 24.1. The Kier molecular flexibility index (Phi) is 9.12. The average molecular weight is 583 g/mol. The van der Waals surface area contributed by atoms with Gasteiger partial charge in [0.25, 0.3) is 0 Å². The van der Waals surface area contributed by atoms with Gasteiger partial charge < -0.3 is 29.7 Å². The minimum absolute atomic E-state index is 0.0254. The maximum absolute atomic E-state index is 15.4. The van der Waals surface area contributed by atoms with Crippen LogP contribution in [0.4, 0.5) is 20.5 Å². The summed E-state index contributed by atoms with van der Waals surface area (Å²) in [7, 11) is 4.68. The number of nitrogens with one attached hydrogen (secondary N) is 2. The van der Waals surface area contributed by atoms with E-state index in [9.17, 15) is 4.79 Å². The number of hydrogen-bond donors (Lipinski definition) is 2. The fraction of sp³-hybridized carbons (Fsp3) is 0.467. The summed E-state index contributed by atoms with van der Waals surface area (Å²) in [5.41, 5.74) is 0.176. The number of fused-ring (bicyclic) bond motifs is 1. The molecule has 2 saturated heterocycles. The highest BCUT2D eigenvalue weighted by molar-refractivity contribution is 5.92. The average Bonchev–Trinajstić information content (AvgIpc) is 3.42. The first kappa shape index (κ1) is 29.6. The quantitative estimate of drug-likeness (QED) is 0.317. The molecule has 224 valence electrons. The first-order valence-electron chi connectivity index (χ1n) is 14.0. The number of ether oxygens (including phenoxy) is 3. The highest BCUT2D eigenvalue weighted by atomic mass is 19.1. The number of halogens is 2. The van der Waals surface area contributed by atoms with Crippen molar-refractivity contribution in [3.63, 3.8) is 0 Å². The van der Waals surface area contributed by atoms with Crippen LogP contribution in [0.5, 0.6) is 11.5 Å². The lowest BCUT2D eigenvalue weighted by molar-refractivity contribution is -0.116. The molecule has 0 aliphatic carbocycles. The molecule has 2 aliphatic rings. The lowest BCUT2D eigenvalue weighted by Gasteiger charge is -2.31. The van der Waals surface area contributed by atoms with Crippen LogP contribution in [0.25, 0.3) is 22.2 Å². The van der Waals surface area contributed by atoms with Gasteiger partial charge in [0.05, 0.1) is 38.1 Å². The van der Waals surface area contributed by atoms with Crippen molar-refractivity contribution < 1.29 is 27.8 Å². The number of ketones is 1. The molecular weight excluding hydrogens is 546 g/mol. The maximum Gasteiger partial charge on any atom is 0.223 e. The number of hydrogen-bond acceptors (Lipinski definition) is 10. The fourth-order valence-electron chi connectivity index (χ4n) is 5.60. The maximum atomic E-state index is 15.4. The van der Waals surface area contributed by atoms with Gasteiger partial charge in [0.2, 0.25) is 5.95 Å². The number of allylic oxidation sites excluding steroid dienone is 1. The third-order valence-electron chi connectivity index (χ3n) is 7.95. The number of benzene rings is 1. The summed E-state index contributed by atoms with van der Waals surface area (Å²) in [4.78, 5) is 28.2. The van der Waals surface area contributed by atoms with Crippen LogP contribution in [0.2, 0.25) is 0 Å². The minimum atomic E-state index is -0.886. The number of carbonyl (C=O) groups excluding carboxylic acids is 1. The molecule has 1 aromatic carbocycles. The zero-order chi connectivity index (χ0) is 29.8. The Balaban J connectivity index is 1.54. The Morgan fingerprint density at radius 3 is 2.62 bits per heavy atom. The predicted molar refractivity (Wildman–Crippen MR) is 156 cm³/mol. The summed E-state index contributed by atoms with van der Waals surface area (Å²) in [5.74, 6) is -0.994. The predicted octanol–water partition coefficient (Wildman–Crippen LogP) is 4.31. The summed E-state index contributed by atoms with van der Waals surface area (Å²) in [6.45, 7) is 7.10. The Bertz CT molecular complexity index is 1440. The van der Waals surface area contributed by atoms with Crippen LogP contribution in [-0.2, 0) is 9.53 Å². The molecule has 0 spiro atoms. The van der Waals surface area contributed by atoms with Gasteiger partial charge in [-0.05, 0) is 50.4 Å². The number of nitrogens with zero attached hydrogens (tertiary/aromatic N) is 4. The summed E-state index contributed by atoms with van der Waals surface area (Å²) in [5, 5.41) is 7.25. The smallest absolute Gasteiger partial charge is 0.223 e. The Hall–Kier alpha value is -3.90. The van der Waals surface area contributed by atoms with Crippen molar-refractivity contribution >= 4 is 28.5 Å². The van der Waals surface area contributed by atoms with Crippen molar-refractivity contribution in [2.75, 3.05) is 64.7 Å². The Morgan fingerprint density at radius 2 is 1.95 bits per heavy atom. The molecule has 0 amide bonds. The number of anilines is 2. The summed E-state index contributed by atoms with van der Waals surface area (Å²) in [6, 6.07) is 2.53. The van der Waals surface area contributed by atoms with Crippen LogP contribution in [-0.4, -0.2) is 85.8 Å². The van der Waals surface area contributed by atoms with Crippen LogP contribution < -0.4 is 20.1 Å². The molecule has 2 aliphatic heterocycles. The molecule has 2 fully saturated rings. The molecule has 0 radical (unpaired) electrons. The molecule has 3 atom stereocenters. The van der Waals surface area contributed by atoms with Crippen molar-refractivity contribution in [1.29, 1.82) is 0 Å². The topological polar surface area (TPSA) is 111 Å². The van der Waals surface area contributed by atoms with E-state index in [4.69, 9.17) is 19.2 Å². The second-order valence-electron chi connectivity index (χ2n) is 10.8. The lowest BCUT2D eigenvalue weighted by Crippen LogP contribution is -2.40. The number of rotatable bonds is 11. The second kappa shape index (κ2) is 13.0. The van der Waals surface area contributed by atoms with Crippen LogP contribution in [0, 0.1) is 23.5 Å². The van der Waals surface area contributed by atoms with Crippen LogP contribution in [0.15, 0.2) is 31.0 Å². The molecular formula is C30H36F2N6O4. The first-order chi connectivity index (χ1) is 20.3. The summed E-state index contributed by atoms with van der Waals surface area (Å²) >= 11 is 0. The van der Waals surface area contributed by atoms with Gasteiger partial charge in [0, 0.05) is 43.8 Å². The van der Waals surface area contributed by atoms with Gasteiger partial charge >= 0.3 is 0 Å². The fourth-order valence-corrected chi connectivity index (χ4v) is 5.60. The highest BCUT2D eigenvalue weighted by Crippen LogP contribution is 2.38. The van der Waals surface area contributed by atoms with Crippen molar-refractivity contribution in [2.45, 2.75) is 25.3 Å². The van der Waals surface area contributed by atoms with E-state index in [1.54, 1.807) is 12.3 Å². The number of carbonyl (C=O) groups is 1. The minimum Gasteiger partial charge on any atom is -0.494 e. The largest absolute Gasteiger partial charge is 0.494 e. The molecule has 3 aromatic rings. The molecule has 2 aromatic heterocycles. The first-order valence-corrected chi connectivity index (χ1v) is 14.0. The summed E-state index contributed by atoms with van der Waals surface area (Å²) in [6.07, 6.45) is 5.02. The molecule has 0 bridgehead atoms. The lowest BCUT2D eigenvalue weighted by atomic mass is 9.90. The number of pyridine rings is 1. The molecule has 4 heterocycles. The Labute approximate surface area is 243 Å². The number of likely N-dealkylation sites (tertiary alicyclic amines) is 1. The molecule has 12 heteroatoms. The third-order valence-corrected chi connectivity index (χ3v) is 7.95. The number of methoxy groups -OCH3 is 2. The third kappa shape index (κ3) is 6.29. The SMILES string of the molecule is C=CC(=O)C[C@H]1CCOC[C@H]1Nc1ncc2cc(-c3c(F)c(OC)cc(OC)c3F)nc(NCC3CCN(C)C3)c2n1. The zero-order valence-electron chi connectivity index (χ0n) is 24.1. The van der Waals surface area contributed by atoms with E-state index < -0.39 is 11.6 Å². The van der Waals surface area contributed by atoms with E-state index in [0.717, 1.165) is 32.0 Å². The molecule has 2 N–H and O–H groups in total. The van der Waals surface area contributed by atoms with Gasteiger partial charge in [0.15, 0.2) is 34.7 Å². The Morgan fingerprint density at radius 1 is 1.19 bits per heavy atom. The highest BCUT2D eigenvalue weighted by Gasteiger charge is 2.29. The molecule has 1 unspecified atom stereocenters. The van der Waals surface area contributed by atoms with E-state index in [1.807, 2.05) is 0 Å². The van der Waals surface area contributed by atoms with Crippen LogP contribution >= 0.6 is 0 Å². The van der Waals surface area contributed by atoms with Gasteiger partial charge in [0.1, 0.15) is 5.52 Å². The van der Waals surface area contributed by atoms with Gasteiger partial charge in [-0.15, -0.1) is 0 Å². The molecule has 0 saturated carbocycles. The molecule has 5 rings (SSSR count). The normalized spacial score (nSPS) is 20.8. The summed E-state index contributed by atoms with van der Waals surface area (Å²) < 4.78 is 46.8. The van der Waals surface area contributed by atoms with Gasteiger partial charge in [-0.2, -0.15) is 0 Å². The van der Waals surface area contributed by atoms with Gasteiger partial charge in [-0.1, -0.05) is 6.58 Å². The van der Waals surface area contributed by atoms with Crippen LogP contribution in [0.3, 0.4) is 0 Å². The van der Waals surface area contributed by atoms with Gasteiger partial charge in [-0.3, -0.25) is 4.79 Å². The van der Waals surface area contributed by atoms with E-state index in [-0.39, 0.29) is 40.5 Å². The van der Waals surface area contributed by atoms with Crippen molar-refractivity contribution in [3.05, 3.63) is 42.6 Å². The van der Waals surface area contributed by atoms with Gasteiger partial charge in [-0.25, -0.2) is 23.7 Å². The standard InChI is InChI=1S/C30H36F2N6O4/c1-5-20(39)10-18-7-9-42-16-22(18)36-30-34-14-19-11-21(25-26(31)23(40-3)12-24(41-4)27(25)32)35-29(28(19)37-30)33-13-17-6-8-38(2)15-17/h5,11-12,14,17-18,22H,1,6-10,13,15-16H2,2-4H3,(H,33,35)(H,34,36,37)/t17?,18-,22-/m1/s1. The second-order valence-corrected chi connectivity index (χ2v) is 10.8. The van der Waals surface area contributed by atoms with E-state index in [1.165, 1.54) is 20.3 Å². The van der Waals surface area contributed by atoms with E-state index in [0.29, 0.717) is 54.8 Å². The van der Waals surface area contributed by atoms with E-state index >= 15 is 8.78 Å². The van der Waals surface area contributed by atoms with Crippen molar-refractivity contribution in [3.8, 4) is 22.8 Å². The molecule has 10 nitrogen and oxygen atoms in total. The van der Waals surface area contributed by atoms with E-state index in [2.05, 4.69) is 39.1 Å². The monoisotopic (exact) mass is 582 g/mol. The van der Waals surface area contributed by atoms with Crippen molar-refractivity contribution in [2.24, 2.45) is 11.8 Å². The molecule has 42 heavy (non-hydrogen) atoms. The number of aromatic nitrogens is 3.